The zero-order valence-electron chi connectivity index (χ0n) is 13.5. The molecule has 0 aromatic heterocycles. The van der Waals surface area contributed by atoms with E-state index in [4.69, 9.17) is 0 Å². The van der Waals surface area contributed by atoms with Crippen LogP contribution in [0, 0.1) is 5.92 Å². The lowest BCUT2D eigenvalue weighted by Crippen LogP contribution is -2.18. The van der Waals surface area contributed by atoms with Gasteiger partial charge in [-0.3, -0.25) is 0 Å². The molecule has 23 heavy (non-hydrogen) atoms. The Bertz CT molecular complexity index is 745. The number of nitrogens with zero attached hydrogens (tertiary/aromatic N) is 1. The first kappa shape index (κ1) is 16.2. The summed E-state index contributed by atoms with van der Waals surface area (Å²) in [5.74, 6) is 0.849. The number of rotatable bonds is 3. The second kappa shape index (κ2) is 6.83. The third-order valence-electron chi connectivity index (χ3n) is 4.77. The molecule has 1 aromatic rings. The smallest absolute Gasteiger partial charge is 0.205 e. The van der Waals surface area contributed by atoms with E-state index < -0.39 is 10.0 Å². The molecule has 0 aliphatic heterocycles. The summed E-state index contributed by atoms with van der Waals surface area (Å²) in [5.41, 5.74) is 3.84. The molecule has 2 aliphatic carbocycles. The van der Waals surface area contributed by atoms with Crippen molar-refractivity contribution in [1.82, 2.24) is 0 Å². The molecule has 0 bridgehead atoms. The van der Waals surface area contributed by atoms with Crippen molar-refractivity contribution in [3.05, 3.63) is 59.2 Å². The molecule has 3 rings (SSSR count). The van der Waals surface area contributed by atoms with Crippen molar-refractivity contribution < 1.29 is 8.42 Å². The normalized spacial score (nSPS) is 25.4. The van der Waals surface area contributed by atoms with E-state index >= 15 is 0 Å². The van der Waals surface area contributed by atoms with Gasteiger partial charge in [-0.05, 0) is 42.7 Å². The zero-order chi connectivity index (χ0) is 16.3. The first-order valence-electron chi connectivity index (χ1n) is 8.23. The Kier molecular flexibility index (Phi) is 4.81. The number of hydrogen-bond donors (Lipinski definition) is 0. The molecule has 0 amide bonds. The van der Waals surface area contributed by atoms with E-state index in [-0.39, 0.29) is 0 Å². The van der Waals surface area contributed by atoms with E-state index in [2.05, 4.69) is 40.8 Å². The number of benzene rings is 1. The van der Waals surface area contributed by atoms with Crippen LogP contribution in [0.25, 0.3) is 0 Å². The fraction of sp³-hybridized carbons (Fsp3) is 0.421. The lowest BCUT2D eigenvalue weighted by atomic mass is 9.73. The predicted molar refractivity (Wildman–Crippen MR) is 95.3 cm³/mol. The van der Waals surface area contributed by atoms with E-state index in [1.807, 2.05) is 6.07 Å². The number of allylic oxidation sites excluding steroid dienone is 4. The third kappa shape index (κ3) is 3.99. The van der Waals surface area contributed by atoms with E-state index in [0.717, 1.165) is 31.1 Å². The van der Waals surface area contributed by atoms with E-state index in [1.165, 1.54) is 24.0 Å². The van der Waals surface area contributed by atoms with Crippen molar-refractivity contribution in [2.24, 2.45) is 10.3 Å². The highest BCUT2D eigenvalue weighted by Gasteiger charge is 2.30. The minimum absolute atomic E-state index is 0.385. The first-order chi connectivity index (χ1) is 11.0. The largest absolute Gasteiger partial charge is 0.250 e. The van der Waals surface area contributed by atoms with Gasteiger partial charge in [0.25, 0.3) is 0 Å². The van der Waals surface area contributed by atoms with Crippen molar-refractivity contribution in [3.8, 4) is 0 Å². The summed E-state index contributed by atoms with van der Waals surface area (Å²) < 4.78 is 26.5. The van der Waals surface area contributed by atoms with Crippen LogP contribution in [-0.4, -0.2) is 20.9 Å². The van der Waals surface area contributed by atoms with Crippen LogP contribution in [0.4, 0.5) is 0 Å². The van der Waals surface area contributed by atoms with Gasteiger partial charge >= 0.3 is 0 Å². The molecule has 4 heteroatoms. The molecular weight excluding hydrogens is 306 g/mol. The number of sulfonamides is 1. The van der Waals surface area contributed by atoms with Crippen molar-refractivity contribution in [1.29, 1.82) is 0 Å². The van der Waals surface area contributed by atoms with Gasteiger partial charge in [-0.2, -0.15) is 4.40 Å². The molecule has 0 unspecified atom stereocenters. The molecule has 1 fully saturated rings. The molecule has 1 aromatic carbocycles. The number of hydrogen-bond acceptors (Lipinski definition) is 2. The average Bonchev–Trinajstić information content (AvgIpc) is 2.73. The summed E-state index contributed by atoms with van der Waals surface area (Å²) in [6, 6.07) is 10.6. The van der Waals surface area contributed by atoms with Crippen molar-refractivity contribution >= 4 is 16.2 Å². The summed E-state index contributed by atoms with van der Waals surface area (Å²) in [6.45, 7) is 0. The predicted octanol–water partition coefficient (Wildman–Crippen LogP) is 4.25. The molecule has 1 saturated carbocycles. The van der Waals surface area contributed by atoms with Gasteiger partial charge in [0, 0.05) is 12.1 Å². The Morgan fingerprint density at radius 1 is 1.17 bits per heavy atom. The maximum absolute atomic E-state index is 11.4. The lowest BCUT2D eigenvalue weighted by Gasteiger charge is -2.31. The first-order valence-corrected chi connectivity index (χ1v) is 10.1. The second-order valence-corrected chi connectivity index (χ2v) is 8.12. The van der Waals surface area contributed by atoms with Gasteiger partial charge < -0.3 is 0 Å². The molecule has 0 N–H and O–H groups in total. The molecule has 122 valence electrons. The van der Waals surface area contributed by atoms with Gasteiger partial charge in [0.1, 0.15) is 0 Å². The van der Waals surface area contributed by atoms with Gasteiger partial charge in [0.15, 0.2) is 0 Å². The topological polar surface area (TPSA) is 46.5 Å². The van der Waals surface area contributed by atoms with Crippen LogP contribution in [0.2, 0.25) is 0 Å². The third-order valence-corrected chi connectivity index (χ3v) is 5.26. The fourth-order valence-corrected chi connectivity index (χ4v) is 4.07. The Labute approximate surface area is 138 Å². The molecule has 0 saturated heterocycles. The minimum atomic E-state index is -3.33. The van der Waals surface area contributed by atoms with Crippen molar-refractivity contribution in [2.75, 3.05) is 6.26 Å². The Morgan fingerprint density at radius 3 is 2.70 bits per heavy atom. The lowest BCUT2D eigenvalue weighted by molar-refractivity contribution is 0.421. The molecule has 0 radical (unpaired) electrons. The van der Waals surface area contributed by atoms with Crippen LogP contribution in [0.1, 0.15) is 43.6 Å². The molecule has 3 nitrogen and oxygen atoms in total. The monoisotopic (exact) mass is 329 g/mol. The van der Waals surface area contributed by atoms with Crippen LogP contribution in [0.3, 0.4) is 0 Å². The van der Waals surface area contributed by atoms with E-state index in [9.17, 15) is 8.42 Å². The van der Waals surface area contributed by atoms with Crippen molar-refractivity contribution in [3.63, 3.8) is 0 Å². The summed E-state index contributed by atoms with van der Waals surface area (Å²) in [5, 5.41) is 0. The van der Waals surface area contributed by atoms with Crippen LogP contribution >= 0.6 is 0 Å². The summed E-state index contributed by atoms with van der Waals surface area (Å²) >= 11 is 0. The SMILES string of the molecule is CS(=O)(=O)/N=C/C1=C2CCCC[C@@H]2[C@H](c2ccccc2)C=CC1. The molecular formula is C19H23NO2S. The maximum Gasteiger partial charge on any atom is 0.250 e. The van der Waals surface area contributed by atoms with Gasteiger partial charge in [-0.25, -0.2) is 8.42 Å². The summed E-state index contributed by atoms with van der Waals surface area (Å²) in [6.07, 6.45) is 12.6. The summed E-state index contributed by atoms with van der Waals surface area (Å²) in [7, 11) is -3.33. The average molecular weight is 329 g/mol. The molecule has 0 spiro atoms. The highest BCUT2D eigenvalue weighted by molar-refractivity contribution is 7.89. The molecule has 0 heterocycles. The standard InChI is InChI=1S/C19H23NO2S/c1-23(21,22)20-14-16-10-7-13-17(15-8-3-2-4-9-15)19-12-6-5-11-18(16)19/h2-4,7-9,13-14,17,19H,5-6,10-12H2,1H3/b20-14+/t17-,19+/m0/s1. The Morgan fingerprint density at radius 2 is 1.96 bits per heavy atom. The maximum atomic E-state index is 11.4. The highest BCUT2D eigenvalue weighted by Crippen LogP contribution is 2.43. The summed E-state index contributed by atoms with van der Waals surface area (Å²) in [4.78, 5) is 0. The highest BCUT2D eigenvalue weighted by atomic mass is 32.2. The number of fused-ring (bicyclic) bond motifs is 1. The van der Waals surface area contributed by atoms with E-state index in [1.54, 1.807) is 6.21 Å². The van der Waals surface area contributed by atoms with Crippen molar-refractivity contribution in [2.45, 2.75) is 38.0 Å². The van der Waals surface area contributed by atoms with Crippen LogP contribution < -0.4 is 0 Å². The van der Waals surface area contributed by atoms with E-state index in [0.29, 0.717) is 11.8 Å². The quantitative estimate of drug-likeness (QED) is 0.615. The Hall–Kier alpha value is -1.68. The van der Waals surface area contributed by atoms with Crippen LogP contribution in [0.5, 0.6) is 0 Å². The zero-order valence-corrected chi connectivity index (χ0v) is 14.3. The van der Waals surface area contributed by atoms with Gasteiger partial charge in [-0.15, -0.1) is 0 Å². The van der Waals surface area contributed by atoms with Crippen LogP contribution in [0.15, 0.2) is 58.0 Å². The second-order valence-electron chi connectivity index (χ2n) is 6.44. The minimum Gasteiger partial charge on any atom is -0.205 e. The van der Waals surface area contributed by atoms with Gasteiger partial charge in [0.2, 0.25) is 10.0 Å². The molecule has 2 atom stereocenters. The molecule has 2 aliphatic rings. The fourth-order valence-electron chi connectivity index (χ4n) is 3.75. The van der Waals surface area contributed by atoms with Crippen LogP contribution in [-0.2, 0) is 10.0 Å². The van der Waals surface area contributed by atoms with Gasteiger partial charge in [-0.1, -0.05) is 54.5 Å². The van der Waals surface area contributed by atoms with Gasteiger partial charge in [0.05, 0.1) is 6.26 Å². The Balaban J connectivity index is 2.00.